The summed E-state index contributed by atoms with van der Waals surface area (Å²) in [5, 5.41) is 2.92. The summed E-state index contributed by atoms with van der Waals surface area (Å²) in [7, 11) is 0. The van der Waals surface area contributed by atoms with Crippen LogP contribution in [-0.2, 0) is 0 Å². The van der Waals surface area contributed by atoms with Crippen LogP contribution >= 0.6 is 11.3 Å². The zero-order valence-electron chi connectivity index (χ0n) is 15.5. The van der Waals surface area contributed by atoms with E-state index in [1.165, 1.54) is 6.39 Å². The summed E-state index contributed by atoms with van der Waals surface area (Å²) in [6, 6.07) is 7.72. The van der Waals surface area contributed by atoms with Gasteiger partial charge in [-0.3, -0.25) is 9.59 Å². The average molecular weight is 383 g/mol. The Labute approximate surface area is 161 Å². The molecule has 27 heavy (non-hydrogen) atoms. The van der Waals surface area contributed by atoms with Crippen molar-refractivity contribution in [1.29, 1.82) is 0 Å². The number of oxazole rings is 1. The highest BCUT2D eigenvalue weighted by molar-refractivity contribution is 7.17. The van der Waals surface area contributed by atoms with Crippen LogP contribution in [0.2, 0.25) is 0 Å². The summed E-state index contributed by atoms with van der Waals surface area (Å²) in [5.41, 5.74) is 1.32. The van der Waals surface area contributed by atoms with Gasteiger partial charge in [0.2, 0.25) is 5.76 Å². The number of thiophene rings is 1. The van der Waals surface area contributed by atoms with E-state index in [9.17, 15) is 9.59 Å². The number of benzene rings is 1. The molecule has 6 nitrogen and oxygen atoms in total. The van der Waals surface area contributed by atoms with E-state index in [2.05, 4.69) is 4.98 Å². The second-order valence-corrected chi connectivity index (χ2v) is 7.80. The van der Waals surface area contributed by atoms with Gasteiger partial charge in [-0.2, -0.15) is 0 Å². The highest BCUT2D eigenvalue weighted by atomic mass is 32.1. The molecule has 0 N–H and O–H groups in total. The van der Waals surface area contributed by atoms with Gasteiger partial charge in [-0.1, -0.05) is 18.2 Å². The number of nitrogens with zero attached hydrogens (tertiary/aromatic N) is 3. The molecule has 0 spiro atoms. The van der Waals surface area contributed by atoms with Crippen LogP contribution in [0.3, 0.4) is 0 Å². The first-order valence-electron chi connectivity index (χ1n) is 8.97. The van der Waals surface area contributed by atoms with Gasteiger partial charge in [0.05, 0.1) is 11.3 Å². The molecule has 0 radical (unpaired) electrons. The average Bonchev–Trinajstić information content (AvgIpc) is 3.29. The Kier molecular flexibility index (Phi) is 4.47. The molecule has 1 saturated heterocycles. The SMILES string of the molecule is Cc1ncoc1C(=O)N1CCN(C(=O)c2csc3ccccc23)[C@H](C)[C@H]1C. The summed E-state index contributed by atoms with van der Waals surface area (Å²) in [6.45, 7) is 6.68. The number of carbonyl (C=O) groups excluding carboxylic acids is 2. The van der Waals surface area contributed by atoms with Crippen LogP contribution < -0.4 is 0 Å². The van der Waals surface area contributed by atoms with Crippen LogP contribution in [0, 0.1) is 6.92 Å². The third-order valence-electron chi connectivity index (χ3n) is 5.44. The normalized spacial score (nSPS) is 20.3. The molecule has 4 rings (SSSR count). The summed E-state index contributed by atoms with van der Waals surface area (Å²) >= 11 is 1.58. The predicted octanol–water partition coefficient (Wildman–Crippen LogP) is 3.57. The molecule has 1 aliphatic heterocycles. The zero-order valence-corrected chi connectivity index (χ0v) is 16.3. The summed E-state index contributed by atoms with van der Waals surface area (Å²) in [5.74, 6) is 0.129. The Morgan fingerprint density at radius 2 is 1.78 bits per heavy atom. The Morgan fingerprint density at radius 1 is 1.11 bits per heavy atom. The topological polar surface area (TPSA) is 66.7 Å². The number of aryl methyl sites for hydroxylation is 1. The fourth-order valence-electron chi connectivity index (χ4n) is 3.65. The molecule has 2 aromatic heterocycles. The van der Waals surface area contributed by atoms with Gasteiger partial charge in [0, 0.05) is 40.6 Å². The van der Waals surface area contributed by atoms with Crippen LogP contribution in [0.15, 0.2) is 40.5 Å². The molecule has 3 aromatic rings. The molecular weight excluding hydrogens is 362 g/mol. The lowest BCUT2D eigenvalue weighted by molar-refractivity contribution is 0.0225. The van der Waals surface area contributed by atoms with E-state index in [0.717, 1.165) is 15.6 Å². The quantitative estimate of drug-likeness (QED) is 0.678. The first kappa shape index (κ1) is 17.7. The monoisotopic (exact) mass is 383 g/mol. The number of amides is 2. The lowest BCUT2D eigenvalue weighted by atomic mass is 10.0. The number of rotatable bonds is 2. The van der Waals surface area contributed by atoms with Gasteiger partial charge >= 0.3 is 0 Å². The Balaban J connectivity index is 1.56. The standard InChI is InChI=1S/C20H21N3O3S/c1-12-18(26-11-21-12)20(25)23-9-8-22(13(2)14(23)3)19(24)16-10-27-17-7-5-4-6-15(16)17/h4-7,10-11,13-14H,8-9H2,1-3H3/t13-,14-/m1/s1. The molecular formula is C20H21N3O3S. The minimum Gasteiger partial charge on any atom is -0.438 e. The number of hydrogen-bond donors (Lipinski definition) is 0. The van der Waals surface area contributed by atoms with Gasteiger partial charge in [0.25, 0.3) is 11.8 Å². The minimum atomic E-state index is -0.169. The molecule has 0 aliphatic carbocycles. The molecule has 0 bridgehead atoms. The van der Waals surface area contributed by atoms with Gasteiger partial charge in [-0.25, -0.2) is 4.98 Å². The number of fused-ring (bicyclic) bond motifs is 1. The van der Waals surface area contributed by atoms with Crippen molar-refractivity contribution in [3.05, 3.63) is 53.1 Å². The Morgan fingerprint density at radius 3 is 2.44 bits per heavy atom. The zero-order chi connectivity index (χ0) is 19.1. The predicted molar refractivity (Wildman–Crippen MR) is 104 cm³/mol. The van der Waals surface area contributed by atoms with E-state index in [1.807, 2.05) is 48.4 Å². The van der Waals surface area contributed by atoms with E-state index >= 15 is 0 Å². The highest BCUT2D eigenvalue weighted by Gasteiger charge is 2.38. The van der Waals surface area contributed by atoms with Crippen molar-refractivity contribution in [2.24, 2.45) is 0 Å². The van der Waals surface area contributed by atoms with E-state index < -0.39 is 0 Å². The summed E-state index contributed by atoms with van der Waals surface area (Å²) in [4.78, 5) is 33.6. The molecule has 7 heteroatoms. The van der Waals surface area contributed by atoms with Crippen LogP contribution in [0.4, 0.5) is 0 Å². The lowest BCUT2D eigenvalue weighted by Crippen LogP contribution is -2.60. The summed E-state index contributed by atoms with van der Waals surface area (Å²) < 4.78 is 6.37. The van der Waals surface area contributed by atoms with Crippen molar-refractivity contribution in [3.63, 3.8) is 0 Å². The van der Waals surface area contributed by atoms with Crippen molar-refractivity contribution in [1.82, 2.24) is 14.8 Å². The van der Waals surface area contributed by atoms with E-state index in [4.69, 9.17) is 4.42 Å². The number of hydrogen-bond acceptors (Lipinski definition) is 5. The van der Waals surface area contributed by atoms with Crippen LogP contribution in [-0.4, -0.2) is 51.8 Å². The second-order valence-electron chi connectivity index (χ2n) is 6.89. The third-order valence-corrected chi connectivity index (χ3v) is 6.40. The number of aromatic nitrogens is 1. The third kappa shape index (κ3) is 2.92. The second kappa shape index (κ2) is 6.81. The number of piperazine rings is 1. The maximum atomic E-state index is 13.2. The Hall–Kier alpha value is -2.67. The molecule has 0 saturated carbocycles. The van der Waals surface area contributed by atoms with Crippen molar-refractivity contribution in [3.8, 4) is 0 Å². The fraction of sp³-hybridized carbons (Fsp3) is 0.350. The smallest absolute Gasteiger partial charge is 0.291 e. The number of carbonyl (C=O) groups is 2. The molecule has 2 atom stereocenters. The van der Waals surface area contributed by atoms with Gasteiger partial charge in [-0.05, 0) is 26.8 Å². The minimum absolute atomic E-state index is 0.0229. The van der Waals surface area contributed by atoms with Gasteiger partial charge in [0.15, 0.2) is 6.39 Å². The maximum Gasteiger partial charge on any atom is 0.291 e. The van der Waals surface area contributed by atoms with Crippen LogP contribution in [0.5, 0.6) is 0 Å². The van der Waals surface area contributed by atoms with Crippen LogP contribution in [0.25, 0.3) is 10.1 Å². The largest absolute Gasteiger partial charge is 0.438 e. The van der Waals surface area contributed by atoms with E-state index in [-0.39, 0.29) is 29.7 Å². The molecule has 0 unspecified atom stereocenters. The van der Waals surface area contributed by atoms with Gasteiger partial charge in [0.1, 0.15) is 0 Å². The Bertz CT molecular complexity index is 1010. The first-order valence-corrected chi connectivity index (χ1v) is 9.85. The molecule has 1 aliphatic rings. The molecule has 1 fully saturated rings. The molecule has 1 aromatic carbocycles. The van der Waals surface area contributed by atoms with E-state index in [1.54, 1.807) is 23.2 Å². The van der Waals surface area contributed by atoms with Crippen molar-refractivity contribution >= 4 is 33.2 Å². The van der Waals surface area contributed by atoms with Gasteiger partial charge < -0.3 is 14.2 Å². The molecule has 2 amide bonds. The summed E-state index contributed by atoms with van der Waals surface area (Å²) in [6.07, 6.45) is 1.29. The van der Waals surface area contributed by atoms with Crippen molar-refractivity contribution in [2.45, 2.75) is 32.9 Å². The molecule has 3 heterocycles. The van der Waals surface area contributed by atoms with Gasteiger partial charge in [-0.15, -0.1) is 11.3 Å². The maximum absolute atomic E-state index is 13.2. The molecule has 140 valence electrons. The van der Waals surface area contributed by atoms with E-state index in [0.29, 0.717) is 18.8 Å². The van der Waals surface area contributed by atoms with Crippen molar-refractivity contribution in [2.75, 3.05) is 13.1 Å². The van der Waals surface area contributed by atoms with Crippen molar-refractivity contribution < 1.29 is 14.0 Å². The fourth-order valence-corrected chi connectivity index (χ4v) is 4.59. The van der Waals surface area contributed by atoms with Crippen LogP contribution in [0.1, 0.15) is 40.5 Å². The first-order chi connectivity index (χ1) is 13.0. The lowest BCUT2D eigenvalue weighted by Gasteiger charge is -2.44. The highest BCUT2D eigenvalue weighted by Crippen LogP contribution is 2.29.